The van der Waals surface area contributed by atoms with Crippen molar-refractivity contribution < 1.29 is 14.6 Å². The molecular formula is C18H25NO3. The lowest BCUT2D eigenvalue weighted by Gasteiger charge is -2.38. The van der Waals surface area contributed by atoms with Crippen LogP contribution in [0.1, 0.15) is 49.8 Å². The molecule has 2 heterocycles. The molecule has 2 aliphatic heterocycles. The molecule has 4 heteroatoms. The monoisotopic (exact) mass is 303 g/mol. The number of hydrogen-bond donors (Lipinski definition) is 1. The molecular weight excluding hydrogens is 278 g/mol. The van der Waals surface area contributed by atoms with Gasteiger partial charge in [-0.2, -0.15) is 0 Å². The first kappa shape index (κ1) is 15.5. The molecule has 1 aromatic rings. The molecule has 3 atom stereocenters. The number of amides is 1. The van der Waals surface area contributed by atoms with E-state index in [0.717, 1.165) is 37.8 Å². The fraction of sp³-hybridized carbons (Fsp3) is 0.611. The highest BCUT2D eigenvalue weighted by atomic mass is 16.5. The van der Waals surface area contributed by atoms with Gasteiger partial charge in [0.25, 0.3) is 0 Å². The van der Waals surface area contributed by atoms with E-state index in [4.69, 9.17) is 4.74 Å². The average molecular weight is 303 g/mol. The zero-order valence-corrected chi connectivity index (χ0v) is 13.2. The van der Waals surface area contributed by atoms with Crippen molar-refractivity contribution in [1.82, 2.24) is 4.90 Å². The Morgan fingerprint density at radius 1 is 1.41 bits per heavy atom. The van der Waals surface area contributed by atoms with Crippen molar-refractivity contribution in [1.29, 1.82) is 0 Å². The van der Waals surface area contributed by atoms with Gasteiger partial charge in [-0.3, -0.25) is 4.79 Å². The Morgan fingerprint density at radius 3 is 3.05 bits per heavy atom. The number of benzene rings is 1. The van der Waals surface area contributed by atoms with Crippen molar-refractivity contribution in [3.8, 4) is 0 Å². The van der Waals surface area contributed by atoms with Crippen LogP contribution >= 0.6 is 0 Å². The minimum atomic E-state index is -0.469. The van der Waals surface area contributed by atoms with Crippen LogP contribution in [0.25, 0.3) is 0 Å². The maximum absolute atomic E-state index is 12.7. The van der Waals surface area contributed by atoms with Crippen LogP contribution in [-0.2, 0) is 16.0 Å². The number of rotatable bonds is 3. The van der Waals surface area contributed by atoms with E-state index in [2.05, 4.69) is 12.1 Å². The number of aliphatic hydroxyl groups excluding tert-OH is 1. The lowest BCUT2D eigenvalue weighted by Crippen LogP contribution is -2.49. The van der Waals surface area contributed by atoms with Crippen LogP contribution in [0.5, 0.6) is 0 Å². The van der Waals surface area contributed by atoms with E-state index in [1.54, 1.807) is 6.92 Å². The number of ether oxygens (including phenoxy) is 1. The first-order valence-electron chi connectivity index (χ1n) is 8.34. The van der Waals surface area contributed by atoms with E-state index >= 15 is 0 Å². The summed E-state index contributed by atoms with van der Waals surface area (Å²) in [6.45, 7) is 3.21. The summed E-state index contributed by atoms with van der Waals surface area (Å²) < 4.78 is 5.85. The van der Waals surface area contributed by atoms with E-state index in [0.29, 0.717) is 13.0 Å². The Labute approximate surface area is 132 Å². The number of nitrogens with zero attached hydrogens (tertiary/aromatic N) is 1. The molecule has 120 valence electrons. The summed E-state index contributed by atoms with van der Waals surface area (Å²) in [6.07, 6.45) is 3.68. The molecule has 0 saturated carbocycles. The van der Waals surface area contributed by atoms with Crippen LogP contribution in [0.3, 0.4) is 0 Å². The fourth-order valence-corrected chi connectivity index (χ4v) is 3.69. The van der Waals surface area contributed by atoms with Crippen LogP contribution in [0.4, 0.5) is 0 Å². The summed E-state index contributed by atoms with van der Waals surface area (Å²) in [5, 5.41) is 9.93. The van der Waals surface area contributed by atoms with Crippen molar-refractivity contribution >= 4 is 5.91 Å². The van der Waals surface area contributed by atoms with E-state index in [-0.39, 0.29) is 18.1 Å². The van der Waals surface area contributed by atoms with Crippen LogP contribution in [0.2, 0.25) is 0 Å². The second-order valence-corrected chi connectivity index (χ2v) is 6.40. The van der Waals surface area contributed by atoms with E-state index in [1.165, 1.54) is 5.56 Å². The molecule has 0 aromatic heterocycles. The summed E-state index contributed by atoms with van der Waals surface area (Å²) in [5.41, 5.74) is 2.44. The average Bonchev–Trinajstić information content (AvgIpc) is 2.55. The van der Waals surface area contributed by atoms with Gasteiger partial charge < -0.3 is 14.7 Å². The lowest BCUT2D eigenvalue weighted by atomic mass is 9.93. The van der Waals surface area contributed by atoms with E-state index in [9.17, 15) is 9.90 Å². The molecule has 0 radical (unpaired) electrons. The van der Waals surface area contributed by atoms with Crippen LogP contribution in [0, 0.1) is 0 Å². The zero-order valence-electron chi connectivity index (χ0n) is 13.2. The third-order valence-corrected chi connectivity index (χ3v) is 4.88. The van der Waals surface area contributed by atoms with Gasteiger partial charge in [-0.25, -0.2) is 0 Å². The van der Waals surface area contributed by atoms with Gasteiger partial charge in [0, 0.05) is 6.54 Å². The third kappa shape index (κ3) is 3.18. The number of aliphatic hydroxyl groups is 1. The number of hydrogen-bond acceptors (Lipinski definition) is 3. The summed E-state index contributed by atoms with van der Waals surface area (Å²) in [5.74, 6) is 0.104. The van der Waals surface area contributed by atoms with E-state index in [1.807, 2.05) is 17.0 Å². The molecule has 22 heavy (non-hydrogen) atoms. The largest absolute Gasteiger partial charge is 0.391 e. The minimum Gasteiger partial charge on any atom is -0.391 e. The normalized spacial score (nSPS) is 26.4. The molecule has 1 aromatic carbocycles. The summed E-state index contributed by atoms with van der Waals surface area (Å²) in [6, 6.07) is 8.19. The Morgan fingerprint density at radius 2 is 2.23 bits per heavy atom. The van der Waals surface area contributed by atoms with Crippen molar-refractivity contribution in [3.63, 3.8) is 0 Å². The van der Waals surface area contributed by atoms with Gasteiger partial charge in [-0.05, 0) is 43.7 Å². The Kier molecular flexibility index (Phi) is 4.79. The molecule has 3 rings (SSSR count). The maximum Gasteiger partial charge on any atom is 0.225 e. The van der Waals surface area contributed by atoms with Crippen molar-refractivity contribution in [2.45, 2.75) is 57.3 Å². The topological polar surface area (TPSA) is 49.8 Å². The van der Waals surface area contributed by atoms with E-state index < -0.39 is 6.10 Å². The van der Waals surface area contributed by atoms with Crippen molar-refractivity contribution in [3.05, 3.63) is 35.4 Å². The van der Waals surface area contributed by atoms with Crippen molar-refractivity contribution in [2.75, 3.05) is 13.2 Å². The first-order valence-corrected chi connectivity index (χ1v) is 8.34. The molecule has 0 aliphatic carbocycles. The predicted octanol–water partition coefficient (Wildman–Crippen LogP) is 2.45. The van der Waals surface area contributed by atoms with Gasteiger partial charge in [-0.1, -0.05) is 24.3 Å². The molecule has 2 aliphatic rings. The molecule has 3 unspecified atom stereocenters. The Hall–Kier alpha value is -1.39. The number of fused-ring (bicyclic) bond motifs is 1. The second-order valence-electron chi connectivity index (χ2n) is 6.40. The smallest absolute Gasteiger partial charge is 0.225 e. The molecule has 1 fully saturated rings. The van der Waals surface area contributed by atoms with Gasteiger partial charge in [0.1, 0.15) is 0 Å². The molecule has 0 bridgehead atoms. The lowest BCUT2D eigenvalue weighted by molar-refractivity contribution is -0.141. The number of likely N-dealkylation sites (tertiary alicyclic amines) is 1. The van der Waals surface area contributed by atoms with Crippen LogP contribution in [-0.4, -0.2) is 41.2 Å². The van der Waals surface area contributed by atoms with Crippen LogP contribution in [0.15, 0.2) is 24.3 Å². The highest BCUT2D eigenvalue weighted by Crippen LogP contribution is 2.31. The van der Waals surface area contributed by atoms with Crippen molar-refractivity contribution in [2.24, 2.45) is 0 Å². The zero-order chi connectivity index (χ0) is 15.5. The first-order chi connectivity index (χ1) is 10.7. The summed E-state index contributed by atoms with van der Waals surface area (Å²) in [4.78, 5) is 14.6. The van der Waals surface area contributed by atoms with Crippen LogP contribution < -0.4 is 0 Å². The van der Waals surface area contributed by atoms with Gasteiger partial charge in [-0.15, -0.1) is 0 Å². The van der Waals surface area contributed by atoms with Gasteiger partial charge in [0.15, 0.2) is 0 Å². The molecule has 1 amide bonds. The number of carbonyl (C=O) groups excluding carboxylic acids is 1. The molecule has 4 nitrogen and oxygen atoms in total. The standard InChI is InChI=1S/C18H25NO3/c1-13(20)16-8-4-5-10-19(16)18(21)12-17-15-7-3-2-6-14(15)9-11-22-17/h2-3,6-7,13,16-17,20H,4-5,8-12H2,1H3. The Bertz CT molecular complexity index is 529. The quantitative estimate of drug-likeness (QED) is 0.933. The molecule has 1 saturated heterocycles. The summed E-state index contributed by atoms with van der Waals surface area (Å²) >= 11 is 0. The molecule has 0 spiro atoms. The SMILES string of the molecule is CC(O)C1CCCCN1C(=O)CC1OCCc2ccccc21. The highest BCUT2D eigenvalue weighted by Gasteiger charge is 2.32. The number of carbonyl (C=O) groups is 1. The number of piperidine rings is 1. The predicted molar refractivity (Wildman–Crippen MR) is 84.5 cm³/mol. The van der Waals surface area contributed by atoms with Gasteiger partial charge in [0.05, 0.1) is 31.3 Å². The van der Waals surface area contributed by atoms with Gasteiger partial charge in [0.2, 0.25) is 5.91 Å². The summed E-state index contributed by atoms with van der Waals surface area (Å²) in [7, 11) is 0. The Balaban J connectivity index is 1.72. The third-order valence-electron chi connectivity index (χ3n) is 4.88. The maximum atomic E-state index is 12.7. The fourth-order valence-electron chi connectivity index (χ4n) is 3.69. The van der Waals surface area contributed by atoms with Gasteiger partial charge >= 0.3 is 0 Å². The minimum absolute atomic E-state index is 0.0416. The highest BCUT2D eigenvalue weighted by molar-refractivity contribution is 5.77. The molecule has 1 N–H and O–H groups in total. The second kappa shape index (κ2) is 6.80.